The zero-order chi connectivity index (χ0) is 17.2. The largest absolute Gasteiger partial charge is 0.497 e. The Morgan fingerprint density at radius 2 is 1.92 bits per heavy atom. The van der Waals surface area contributed by atoms with Crippen LogP contribution in [0.25, 0.3) is 0 Å². The van der Waals surface area contributed by atoms with E-state index in [9.17, 15) is 13.2 Å². The Morgan fingerprint density at radius 3 is 2.54 bits per heavy atom. The van der Waals surface area contributed by atoms with E-state index in [0.29, 0.717) is 30.2 Å². The molecule has 0 saturated carbocycles. The Bertz CT molecular complexity index is 850. The van der Waals surface area contributed by atoms with E-state index in [1.165, 1.54) is 19.2 Å². The summed E-state index contributed by atoms with van der Waals surface area (Å²) in [6.07, 6.45) is 0. The van der Waals surface area contributed by atoms with Crippen LogP contribution in [0.2, 0.25) is 0 Å². The van der Waals surface area contributed by atoms with Gasteiger partial charge in [0.25, 0.3) is 10.0 Å². The second-order valence-corrected chi connectivity index (χ2v) is 6.90. The molecule has 0 aromatic heterocycles. The minimum Gasteiger partial charge on any atom is -0.497 e. The van der Waals surface area contributed by atoms with Crippen molar-refractivity contribution in [1.29, 1.82) is 0 Å². The molecule has 7 nitrogen and oxygen atoms in total. The van der Waals surface area contributed by atoms with Crippen LogP contribution in [0.5, 0.6) is 5.75 Å². The van der Waals surface area contributed by atoms with Crippen molar-refractivity contribution < 1.29 is 17.9 Å². The molecule has 1 aliphatic rings. The molecule has 2 amide bonds. The van der Waals surface area contributed by atoms with Crippen LogP contribution in [-0.4, -0.2) is 34.6 Å². The van der Waals surface area contributed by atoms with Crippen molar-refractivity contribution in [3.63, 3.8) is 0 Å². The zero-order valence-corrected chi connectivity index (χ0v) is 13.8. The smallest absolute Gasteiger partial charge is 0.321 e. The van der Waals surface area contributed by atoms with Crippen molar-refractivity contribution in [3.8, 4) is 5.75 Å². The lowest BCUT2D eigenvalue weighted by atomic mass is 10.3. The fourth-order valence-corrected chi connectivity index (χ4v) is 3.47. The first-order chi connectivity index (χ1) is 11.5. The molecule has 1 fully saturated rings. The van der Waals surface area contributed by atoms with Gasteiger partial charge in [0, 0.05) is 24.8 Å². The minimum absolute atomic E-state index is 0.119. The van der Waals surface area contributed by atoms with E-state index in [1.54, 1.807) is 41.3 Å². The topological polar surface area (TPSA) is 87.7 Å². The van der Waals surface area contributed by atoms with E-state index in [-0.39, 0.29) is 10.9 Å². The number of nitrogens with one attached hydrogen (secondary N) is 2. The normalized spacial score (nSPS) is 14.4. The number of carbonyl (C=O) groups excluding carboxylic acids is 1. The molecule has 0 aliphatic carbocycles. The van der Waals surface area contributed by atoms with Crippen LogP contribution < -0.4 is 19.7 Å². The van der Waals surface area contributed by atoms with Gasteiger partial charge in [0.1, 0.15) is 5.75 Å². The van der Waals surface area contributed by atoms with Crippen LogP contribution in [0.3, 0.4) is 0 Å². The van der Waals surface area contributed by atoms with Gasteiger partial charge in [-0.15, -0.1) is 0 Å². The van der Waals surface area contributed by atoms with Crippen LogP contribution in [0.4, 0.5) is 16.2 Å². The van der Waals surface area contributed by atoms with E-state index < -0.39 is 10.0 Å². The number of ether oxygens (including phenoxy) is 1. The Kier molecular flexibility index (Phi) is 4.30. The molecule has 0 atom stereocenters. The maximum Gasteiger partial charge on any atom is 0.321 e. The second-order valence-electron chi connectivity index (χ2n) is 5.21. The summed E-state index contributed by atoms with van der Waals surface area (Å²) in [7, 11) is -2.20. The molecule has 2 N–H and O–H groups in total. The molecule has 126 valence electrons. The number of amides is 2. The summed E-state index contributed by atoms with van der Waals surface area (Å²) in [5.41, 5.74) is 1.07. The summed E-state index contributed by atoms with van der Waals surface area (Å²) in [6, 6.07) is 12.7. The fraction of sp³-hybridized carbons (Fsp3) is 0.188. The highest BCUT2D eigenvalue weighted by molar-refractivity contribution is 7.92. The number of methoxy groups -OCH3 is 1. The van der Waals surface area contributed by atoms with Gasteiger partial charge in [-0.2, -0.15) is 0 Å². The molecule has 0 unspecified atom stereocenters. The molecular formula is C16H17N3O4S. The fourth-order valence-electron chi connectivity index (χ4n) is 2.42. The molecule has 0 spiro atoms. The van der Waals surface area contributed by atoms with Crippen LogP contribution in [0, 0.1) is 0 Å². The third-order valence-corrected chi connectivity index (χ3v) is 5.03. The Labute approximate surface area is 140 Å². The third kappa shape index (κ3) is 3.28. The number of rotatable bonds is 5. The summed E-state index contributed by atoms with van der Waals surface area (Å²) in [4.78, 5) is 13.3. The van der Waals surface area contributed by atoms with Crippen molar-refractivity contribution in [2.75, 3.05) is 29.8 Å². The maximum absolute atomic E-state index is 12.5. The predicted octanol–water partition coefficient (Wildman–Crippen LogP) is 2.03. The summed E-state index contributed by atoms with van der Waals surface area (Å²) in [6.45, 7) is 1.14. The number of hydrogen-bond donors (Lipinski definition) is 2. The summed E-state index contributed by atoms with van der Waals surface area (Å²) >= 11 is 0. The molecule has 1 heterocycles. The quantitative estimate of drug-likeness (QED) is 0.866. The van der Waals surface area contributed by atoms with Crippen LogP contribution in [-0.2, 0) is 10.0 Å². The number of urea groups is 1. The monoisotopic (exact) mass is 347 g/mol. The van der Waals surface area contributed by atoms with Crippen LogP contribution in [0.15, 0.2) is 53.4 Å². The lowest BCUT2D eigenvalue weighted by Crippen LogP contribution is -2.27. The number of carbonyl (C=O) groups is 1. The molecule has 24 heavy (non-hydrogen) atoms. The van der Waals surface area contributed by atoms with Gasteiger partial charge in [-0.25, -0.2) is 13.2 Å². The lowest BCUT2D eigenvalue weighted by Gasteiger charge is -2.15. The van der Waals surface area contributed by atoms with Crippen molar-refractivity contribution in [3.05, 3.63) is 48.5 Å². The van der Waals surface area contributed by atoms with Crippen molar-refractivity contribution in [2.45, 2.75) is 4.90 Å². The maximum atomic E-state index is 12.5. The highest BCUT2D eigenvalue weighted by atomic mass is 32.2. The zero-order valence-electron chi connectivity index (χ0n) is 13.0. The third-order valence-electron chi connectivity index (χ3n) is 3.64. The van der Waals surface area contributed by atoms with E-state index in [1.807, 2.05) is 0 Å². The SMILES string of the molecule is COc1cccc(NS(=O)(=O)c2ccc(N3CCNC3=O)cc2)c1. The van der Waals surface area contributed by atoms with Gasteiger partial charge in [0.05, 0.1) is 17.7 Å². The number of hydrogen-bond acceptors (Lipinski definition) is 4. The molecule has 1 saturated heterocycles. The molecular weight excluding hydrogens is 330 g/mol. The molecule has 3 rings (SSSR count). The van der Waals surface area contributed by atoms with Gasteiger partial charge in [0.15, 0.2) is 0 Å². The number of benzene rings is 2. The lowest BCUT2D eigenvalue weighted by molar-refractivity contribution is 0.252. The van der Waals surface area contributed by atoms with Gasteiger partial charge >= 0.3 is 6.03 Å². The second kappa shape index (κ2) is 6.40. The van der Waals surface area contributed by atoms with Gasteiger partial charge < -0.3 is 10.1 Å². The molecule has 1 aliphatic heterocycles. The summed E-state index contributed by atoms with van der Waals surface area (Å²) < 4.78 is 32.5. The van der Waals surface area contributed by atoms with E-state index in [0.717, 1.165) is 0 Å². The first kappa shape index (κ1) is 16.1. The molecule has 0 radical (unpaired) electrons. The predicted molar refractivity (Wildman–Crippen MR) is 91.0 cm³/mol. The van der Waals surface area contributed by atoms with Crippen molar-refractivity contribution in [2.24, 2.45) is 0 Å². The van der Waals surface area contributed by atoms with Crippen LogP contribution in [0.1, 0.15) is 0 Å². The first-order valence-electron chi connectivity index (χ1n) is 7.32. The Morgan fingerprint density at radius 1 is 1.17 bits per heavy atom. The van der Waals surface area contributed by atoms with Gasteiger partial charge in [-0.3, -0.25) is 9.62 Å². The summed E-state index contributed by atoms with van der Waals surface area (Å²) in [5, 5.41) is 2.70. The Balaban J connectivity index is 1.80. The number of anilines is 2. The highest BCUT2D eigenvalue weighted by Gasteiger charge is 2.22. The average Bonchev–Trinajstić information content (AvgIpc) is 3.01. The van der Waals surface area contributed by atoms with Gasteiger partial charge in [-0.05, 0) is 36.4 Å². The minimum atomic E-state index is -3.72. The highest BCUT2D eigenvalue weighted by Crippen LogP contribution is 2.23. The standard InChI is InChI=1S/C16H17N3O4S/c1-23-14-4-2-3-12(11-14)18-24(21,22)15-7-5-13(6-8-15)19-10-9-17-16(19)20/h2-8,11,18H,9-10H2,1H3,(H,17,20). The molecule has 8 heteroatoms. The van der Waals surface area contributed by atoms with Gasteiger partial charge in [-0.1, -0.05) is 6.07 Å². The molecule has 2 aromatic rings. The van der Waals surface area contributed by atoms with E-state index in [2.05, 4.69) is 10.0 Å². The Hall–Kier alpha value is -2.74. The van der Waals surface area contributed by atoms with Crippen molar-refractivity contribution in [1.82, 2.24) is 5.32 Å². The average molecular weight is 347 g/mol. The van der Waals surface area contributed by atoms with Crippen LogP contribution >= 0.6 is 0 Å². The number of sulfonamides is 1. The van der Waals surface area contributed by atoms with Crippen molar-refractivity contribution >= 4 is 27.4 Å². The first-order valence-corrected chi connectivity index (χ1v) is 8.80. The molecule has 2 aromatic carbocycles. The summed E-state index contributed by atoms with van der Waals surface area (Å²) in [5.74, 6) is 0.561. The molecule has 0 bridgehead atoms. The number of nitrogens with zero attached hydrogens (tertiary/aromatic N) is 1. The van der Waals surface area contributed by atoms with E-state index in [4.69, 9.17) is 4.74 Å². The van der Waals surface area contributed by atoms with Gasteiger partial charge in [0.2, 0.25) is 0 Å². The van der Waals surface area contributed by atoms with E-state index >= 15 is 0 Å².